The zero-order chi connectivity index (χ0) is 20.6. The fraction of sp³-hybridized carbons (Fsp3) is 0.300. The summed E-state index contributed by atoms with van der Waals surface area (Å²) >= 11 is 6.17. The molecular formula is C20H23ClN4O2S. The van der Waals surface area contributed by atoms with Crippen molar-refractivity contribution in [2.24, 2.45) is 0 Å². The maximum atomic E-state index is 13.1. The maximum Gasteiger partial charge on any atom is 0.264 e. The van der Waals surface area contributed by atoms with Crippen LogP contribution in [0.2, 0.25) is 5.02 Å². The molecule has 0 atom stereocenters. The monoisotopic (exact) mass is 418 g/mol. The molecule has 1 N–H and O–H groups in total. The smallest absolute Gasteiger partial charge is 0.246 e. The first-order valence-electron chi connectivity index (χ1n) is 8.84. The summed E-state index contributed by atoms with van der Waals surface area (Å²) in [5.74, 6) is 0.0294. The number of sulfonamides is 1. The van der Waals surface area contributed by atoms with Gasteiger partial charge in [0.2, 0.25) is 0 Å². The van der Waals surface area contributed by atoms with Gasteiger partial charge in [0.15, 0.2) is 0 Å². The van der Waals surface area contributed by atoms with E-state index in [9.17, 15) is 8.42 Å². The van der Waals surface area contributed by atoms with Crippen LogP contribution in [0.1, 0.15) is 33.4 Å². The third-order valence-electron chi connectivity index (χ3n) is 5.25. The minimum Gasteiger partial charge on any atom is -0.246 e. The van der Waals surface area contributed by atoms with Crippen LogP contribution >= 0.6 is 11.6 Å². The van der Waals surface area contributed by atoms with Crippen molar-refractivity contribution in [2.45, 2.75) is 46.1 Å². The van der Waals surface area contributed by atoms with Crippen LogP contribution in [0.5, 0.6) is 0 Å². The molecule has 1 heterocycles. The van der Waals surface area contributed by atoms with Gasteiger partial charge in [-0.2, -0.15) is 4.98 Å². The molecule has 148 valence electrons. The Morgan fingerprint density at radius 1 is 0.964 bits per heavy atom. The van der Waals surface area contributed by atoms with Gasteiger partial charge in [-0.1, -0.05) is 29.8 Å². The summed E-state index contributed by atoms with van der Waals surface area (Å²) in [4.78, 5) is 4.38. The lowest BCUT2D eigenvalue weighted by Gasteiger charge is -2.18. The molecule has 0 fully saturated rings. The van der Waals surface area contributed by atoms with E-state index in [-0.39, 0.29) is 10.8 Å². The molecule has 0 spiro atoms. The number of hydrogen-bond donors (Lipinski definition) is 1. The van der Waals surface area contributed by atoms with E-state index in [4.69, 9.17) is 11.6 Å². The number of benzene rings is 2. The number of anilines is 1. The van der Waals surface area contributed by atoms with Crippen LogP contribution in [0, 0.1) is 34.6 Å². The van der Waals surface area contributed by atoms with E-state index in [0.717, 1.165) is 33.4 Å². The minimum atomic E-state index is -3.82. The predicted octanol–water partition coefficient (Wildman–Crippen LogP) is 4.32. The lowest BCUT2D eigenvalue weighted by molar-refractivity contribution is 0.599. The summed E-state index contributed by atoms with van der Waals surface area (Å²) in [5, 5.41) is 4.86. The average Bonchev–Trinajstić information content (AvgIpc) is 3.06. The molecule has 0 unspecified atom stereocenters. The number of nitrogens with one attached hydrogen (secondary N) is 1. The van der Waals surface area contributed by atoms with Gasteiger partial charge in [-0.25, -0.2) is 17.8 Å². The molecule has 0 amide bonds. The number of halogens is 1. The molecule has 0 aliphatic rings. The van der Waals surface area contributed by atoms with Crippen LogP contribution in [-0.4, -0.2) is 23.2 Å². The summed E-state index contributed by atoms with van der Waals surface area (Å²) in [6, 6.07) is 7.42. The highest BCUT2D eigenvalue weighted by Crippen LogP contribution is 2.30. The van der Waals surface area contributed by atoms with Gasteiger partial charge in [-0.15, -0.1) is 5.10 Å². The summed E-state index contributed by atoms with van der Waals surface area (Å²) in [6.45, 7) is 9.93. The van der Waals surface area contributed by atoms with Crippen LogP contribution in [0.15, 0.2) is 35.5 Å². The number of hydrogen-bond acceptors (Lipinski definition) is 4. The number of nitrogens with zero attached hydrogens (tertiary/aromatic N) is 3. The Labute approximate surface area is 170 Å². The third-order valence-corrected chi connectivity index (χ3v) is 7.22. The van der Waals surface area contributed by atoms with Crippen molar-refractivity contribution in [3.05, 3.63) is 69.0 Å². The molecule has 0 saturated heterocycles. The molecular weight excluding hydrogens is 396 g/mol. The van der Waals surface area contributed by atoms with Gasteiger partial charge in [0.1, 0.15) is 6.33 Å². The Hall–Kier alpha value is -2.38. The van der Waals surface area contributed by atoms with Crippen molar-refractivity contribution in [1.29, 1.82) is 0 Å². The van der Waals surface area contributed by atoms with Crippen molar-refractivity contribution in [2.75, 3.05) is 4.72 Å². The van der Waals surface area contributed by atoms with E-state index in [2.05, 4.69) is 14.8 Å². The van der Waals surface area contributed by atoms with Gasteiger partial charge in [-0.3, -0.25) is 0 Å². The normalized spacial score (nSPS) is 11.6. The first-order valence-corrected chi connectivity index (χ1v) is 10.7. The van der Waals surface area contributed by atoms with E-state index in [1.807, 2.05) is 52.8 Å². The van der Waals surface area contributed by atoms with Gasteiger partial charge >= 0.3 is 0 Å². The Morgan fingerprint density at radius 3 is 2.14 bits per heavy atom. The van der Waals surface area contributed by atoms with Crippen LogP contribution < -0.4 is 4.72 Å². The Bertz CT molecular complexity index is 1120. The fourth-order valence-corrected chi connectivity index (χ4v) is 5.00. The Kier molecular flexibility index (Phi) is 5.50. The second-order valence-electron chi connectivity index (χ2n) is 6.92. The molecule has 3 aromatic rings. The van der Waals surface area contributed by atoms with E-state index < -0.39 is 10.0 Å². The van der Waals surface area contributed by atoms with Gasteiger partial charge in [0.05, 0.1) is 11.4 Å². The van der Waals surface area contributed by atoms with Crippen LogP contribution in [-0.2, 0) is 16.6 Å². The molecule has 3 rings (SSSR count). The third kappa shape index (κ3) is 3.77. The second kappa shape index (κ2) is 7.56. The molecule has 0 saturated carbocycles. The topological polar surface area (TPSA) is 76.9 Å². The highest BCUT2D eigenvalue weighted by Gasteiger charge is 2.25. The molecule has 0 aliphatic heterocycles. The van der Waals surface area contributed by atoms with Gasteiger partial charge in [0.25, 0.3) is 16.0 Å². The van der Waals surface area contributed by atoms with Gasteiger partial charge < -0.3 is 0 Å². The second-order valence-corrected chi connectivity index (χ2v) is 8.94. The molecule has 6 nitrogen and oxygen atoms in total. The standard InChI is InChI=1S/C20H23ClN4O2S/c1-12-13(2)15(4)19(16(5)14(12)3)28(26,27)24-20-22-11-25(23-20)10-17-8-6-7-9-18(17)21/h6-9,11H,10H2,1-5H3,(H,23,24). The van der Waals surface area contributed by atoms with Gasteiger partial charge in [0, 0.05) is 5.02 Å². The lowest BCUT2D eigenvalue weighted by Crippen LogP contribution is -2.18. The first kappa shape index (κ1) is 20.4. The molecule has 0 aliphatic carbocycles. The molecule has 0 radical (unpaired) electrons. The summed E-state index contributed by atoms with van der Waals surface area (Å²) < 4.78 is 30.2. The highest BCUT2D eigenvalue weighted by molar-refractivity contribution is 7.92. The number of rotatable bonds is 5. The predicted molar refractivity (Wildman–Crippen MR) is 112 cm³/mol. The minimum absolute atomic E-state index is 0.0294. The molecule has 0 bridgehead atoms. The first-order chi connectivity index (χ1) is 13.1. The fourth-order valence-electron chi connectivity index (χ4n) is 3.26. The quantitative estimate of drug-likeness (QED) is 0.669. The van der Waals surface area contributed by atoms with Crippen molar-refractivity contribution >= 4 is 27.6 Å². The van der Waals surface area contributed by atoms with E-state index in [1.165, 1.54) is 6.33 Å². The van der Waals surface area contributed by atoms with Crippen LogP contribution in [0.4, 0.5) is 5.95 Å². The van der Waals surface area contributed by atoms with E-state index in [0.29, 0.717) is 11.6 Å². The lowest BCUT2D eigenvalue weighted by atomic mass is 9.95. The van der Waals surface area contributed by atoms with Crippen LogP contribution in [0.3, 0.4) is 0 Å². The maximum absolute atomic E-state index is 13.1. The molecule has 8 heteroatoms. The van der Waals surface area contributed by atoms with Crippen molar-refractivity contribution in [3.8, 4) is 0 Å². The molecule has 2 aromatic carbocycles. The van der Waals surface area contributed by atoms with Crippen molar-refractivity contribution in [1.82, 2.24) is 14.8 Å². The van der Waals surface area contributed by atoms with Crippen LogP contribution in [0.25, 0.3) is 0 Å². The molecule has 1 aromatic heterocycles. The van der Waals surface area contributed by atoms with Gasteiger partial charge in [-0.05, 0) is 74.1 Å². The van der Waals surface area contributed by atoms with E-state index >= 15 is 0 Å². The van der Waals surface area contributed by atoms with Crippen molar-refractivity contribution < 1.29 is 8.42 Å². The number of aromatic nitrogens is 3. The van der Waals surface area contributed by atoms with E-state index in [1.54, 1.807) is 10.7 Å². The summed E-state index contributed by atoms with van der Waals surface area (Å²) in [7, 11) is -3.82. The zero-order valence-corrected chi connectivity index (χ0v) is 18.1. The summed E-state index contributed by atoms with van der Waals surface area (Å²) in [6.07, 6.45) is 1.48. The Balaban J connectivity index is 1.91. The zero-order valence-electron chi connectivity index (χ0n) is 16.5. The average molecular weight is 419 g/mol. The molecule has 28 heavy (non-hydrogen) atoms. The summed E-state index contributed by atoms with van der Waals surface area (Å²) in [5.41, 5.74) is 5.41. The van der Waals surface area contributed by atoms with Crippen molar-refractivity contribution in [3.63, 3.8) is 0 Å². The highest BCUT2D eigenvalue weighted by atomic mass is 35.5. The largest absolute Gasteiger partial charge is 0.264 e. The Morgan fingerprint density at radius 2 is 1.54 bits per heavy atom. The SMILES string of the molecule is Cc1c(C)c(C)c(S(=O)(=O)Nc2ncn(Cc3ccccc3Cl)n2)c(C)c1C.